The van der Waals surface area contributed by atoms with E-state index in [0.717, 1.165) is 66.8 Å². The third-order valence-electron chi connectivity index (χ3n) is 6.76. The van der Waals surface area contributed by atoms with Crippen molar-refractivity contribution >= 4 is 21.8 Å². The molecule has 4 aromatic carbocycles. The summed E-state index contributed by atoms with van der Waals surface area (Å²) in [5.74, 6) is 0. The van der Waals surface area contributed by atoms with E-state index in [-0.39, 0.29) is 0 Å². The summed E-state index contributed by atoms with van der Waals surface area (Å²) in [6.45, 7) is 0. The van der Waals surface area contributed by atoms with E-state index in [0.29, 0.717) is 0 Å². The fraction of sp³-hybridized carbons (Fsp3) is 0. The number of fused-ring (bicyclic) bond motifs is 3. The summed E-state index contributed by atoms with van der Waals surface area (Å²) >= 11 is 0. The van der Waals surface area contributed by atoms with E-state index in [1.165, 1.54) is 0 Å². The molecule has 38 heavy (non-hydrogen) atoms. The van der Waals surface area contributed by atoms with Crippen LogP contribution >= 0.6 is 0 Å². The van der Waals surface area contributed by atoms with Gasteiger partial charge in [0.2, 0.25) is 0 Å². The molecule has 4 nitrogen and oxygen atoms in total. The second kappa shape index (κ2) is 9.34. The molecule has 0 amide bonds. The lowest BCUT2D eigenvalue weighted by molar-refractivity contribution is 1.21. The Bertz CT molecular complexity index is 1900. The lowest BCUT2D eigenvalue weighted by Gasteiger charge is -2.09. The summed E-state index contributed by atoms with van der Waals surface area (Å²) in [5, 5.41) is 2.14. The Hall–Kier alpha value is -5.22. The Morgan fingerprint density at radius 1 is 0.342 bits per heavy atom. The van der Waals surface area contributed by atoms with Crippen LogP contribution in [0.1, 0.15) is 0 Å². The highest BCUT2D eigenvalue weighted by Crippen LogP contribution is 2.30. The van der Waals surface area contributed by atoms with Gasteiger partial charge in [0, 0.05) is 33.0 Å². The summed E-state index contributed by atoms with van der Waals surface area (Å²) in [5.41, 5.74) is 9.49. The molecular weight excluding hydrogens is 464 g/mol. The predicted octanol–water partition coefficient (Wildman–Crippen LogP) is 8.24. The number of benzene rings is 4. The van der Waals surface area contributed by atoms with Crippen molar-refractivity contribution in [1.82, 2.24) is 19.9 Å². The molecule has 0 saturated carbocycles. The molecule has 0 spiro atoms. The fourth-order valence-electron chi connectivity index (χ4n) is 4.77. The minimum atomic E-state index is 0.826. The Balaban J connectivity index is 1.29. The summed E-state index contributed by atoms with van der Waals surface area (Å²) in [7, 11) is 0. The van der Waals surface area contributed by atoms with Crippen molar-refractivity contribution in [3.8, 4) is 45.0 Å². The Kier molecular flexibility index (Phi) is 5.41. The van der Waals surface area contributed by atoms with Crippen LogP contribution in [0.25, 0.3) is 66.8 Å². The summed E-state index contributed by atoms with van der Waals surface area (Å²) in [6, 6.07) is 41.2. The maximum Gasteiger partial charge on any atom is 0.0972 e. The number of rotatable bonds is 4. The van der Waals surface area contributed by atoms with Crippen LogP contribution < -0.4 is 0 Å². The van der Waals surface area contributed by atoms with Crippen molar-refractivity contribution in [2.24, 2.45) is 0 Å². The fourth-order valence-corrected chi connectivity index (χ4v) is 4.77. The van der Waals surface area contributed by atoms with Gasteiger partial charge >= 0.3 is 0 Å². The third-order valence-corrected chi connectivity index (χ3v) is 6.76. The molecule has 4 heteroatoms. The van der Waals surface area contributed by atoms with Gasteiger partial charge in [0.15, 0.2) is 0 Å². The molecule has 0 bridgehead atoms. The van der Waals surface area contributed by atoms with Crippen molar-refractivity contribution in [1.29, 1.82) is 0 Å². The molecule has 0 fully saturated rings. The molecular formula is C34H22N4. The van der Waals surface area contributed by atoms with Gasteiger partial charge < -0.3 is 0 Å². The minimum absolute atomic E-state index is 0.826. The molecule has 0 radical (unpaired) electrons. The first-order valence-corrected chi connectivity index (χ1v) is 12.6. The van der Waals surface area contributed by atoms with E-state index >= 15 is 0 Å². The smallest absolute Gasteiger partial charge is 0.0972 e. The molecule has 178 valence electrons. The highest BCUT2D eigenvalue weighted by atomic mass is 14.8. The maximum atomic E-state index is 5.10. The lowest BCUT2D eigenvalue weighted by atomic mass is 10.0. The van der Waals surface area contributed by atoms with Crippen LogP contribution in [-0.2, 0) is 0 Å². The van der Waals surface area contributed by atoms with Crippen LogP contribution in [0.5, 0.6) is 0 Å². The highest BCUT2D eigenvalue weighted by Gasteiger charge is 2.10. The third kappa shape index (κ3) is 4.08. The van der Waals surface area contributed by atoms with Gasteiger partial charge in [-0.1, -0.05) is 103 Å². The number of hydrogen-bond acceptors (Lipinski definition) is 4. The molecule has 3 heterocycles. The van der Waals surface area contributed by atoms with Crippen LogP contribution in [0, 0.1) is 0 Å². The molecule has 0 aliphatic rings. The summed E-state index contributed by atoms with van der Waals surface area (Å²) in [4.78, 5) is 19.5. The van der Waals surface area contributed by atoms with Crippen molar-refractivity contribution in [3.63, 3.8) is 0 Å². The number of pyridine rings is 2. The van der Waals surface area contributed by atoms with Crippen molar-refractivity contribution in [2.75, 3.05) is 0 Å². The Morgan fingerprint density at radius 2 is 0.763 bits per heavy atom. The van der Waals surface area contributed by atoms with Gasteiger partial charge in [0.25, 0.3) is 0 Å². The zero-order chi connectivity index (χ0) is 25.3. The molecule has 7 aromatic rings. The van der Waals surface area contributed by atoms with Gasteiger partial charge in [-0.15, -0.1) is 0 Å². The summed E-state index contributed by atoms with van der Waals surface area (Å²) < 4.78 is 0. The Morgan fingerprint density at radius 3 is 1.32 bits per heavy atom. The molecule has 3 aromatic heterocycles. The van der Waals surface area contributed by atoms with Crippen LogP contribution in [0.3, 0.4) is 0 Å². The Labute approximate surface area is 220 Å². The average molecular weight is 487 g/mol. The van der Waals surface area contributed by atoms with E-state index in [1.807, 2.05) is 67.0 Å². The van der Waals surface area contributed by atoms with E-state index in [9.17, 15) is 0 Å². The first kappa shape index (κ1) is 22.0. The molecule has 0 saturated heterocycles. The standard InChI is InChI=1S/C34H22N4/c1-3-8-23(9-4-1)29-18-16-25-14-15-26-17-19-30(38-34(26)33(25)37-29)27-12-7-13-28(20-27)32-22-35-31(21-36-32)24-10-5-2-6-11-24/h1-22H. The molecule has 0 N–H and O–H groups in total. The van der Waals surface area contributed by atoms with Gasteiger partial charge in [-0.3, -0.25) is 9.97 Å². The van der Waals surface area contributed by atoms with Gasteiger partial charge in [-0.05, 0) is 18.2 Å². The number of nitrogens with zero attached hydrogens (tertiary/aromatic N) is 4. The largest absolute Gasteiger partial charge is 0.252 e. The van der Waals surface area contributed by atoms with Crippen LogP contribution in [0.2, 0.25) is 0 Å². The SMILES string of the molecule is c1ccc(-c2cnc(-c3cccc(-c4ccc5ccc6ccc(-c7ccccc7)nc6c5n4)c3)cn2)cc1. The van der Waals surface area contributed by atoms with Gasteiger partial charge in [0.05, 0.1) is 46.2 Å². The second-order valence-corrected chi connectivity index (χ2v) is 9.20. The summed E-state index contributed by atoms with van der Waals surface area (Å²) in [6.07, 6.45) is 3.66. The zero-order valence-electron chi connectivity index (χ0n) is 20.5. The molecule has 7 rings (SSSR count). The number of aromatic nitrogens is 4. The van der Waals surface area contributed by atoms with Gasteiger partial charge in [-0.25, -0.2) is 9.97 Å². The predicted molar refractivity (Wildman–Crippen MR) is 154 cm³/mol. The maximum absolute atomic E-state index is 5.10. The highest BCUT2D eigenvalue weighted by molar-refractivity contribution is 6.04. The minimum Gasteiger partial charge on any atom is -0.252 e. The topological polar surface area (TPSA) is 51.6 Å². The molecule has 0 atom stereocenters. The van der Waals surface area contributed by atoms with E-state index in [1.54, 1.807) is 0 Å². The van der Waals surface area contributed by atoms with E-state index < -0.39 is 0 Å². The van der Waals surface area contributed by atoms with Crippen LogP contribution in [-0.4, -0.2) is 19.9 Å². The first-order valence-electron chi connectivity index (χ1n) is 12.6. The quantitative estimate of drug-likeness (QED) is 0.235. The first-order chi connectivity index (χ1) is 18.8. The van der Waals surface area contributed by atoms with Crippen molar-refractivity contribution in [2.45, 2.75) is 0 Å². The number of hydrogen-bond donors (Lipinski definition) is 0. The normalized spacial score (nSPS) is 11.2. The zero-order valence-corrected chi connectivity index (χ0v) is 20.5. The van der Waals surface area contributed by atoms with E-state index in [2.05, 4.69) is 71.7 Å². The van der Waals surface area contributed by atoms with Gasteiger partial charge in [0.1, 0.15) is 0 Å². The molecule has 0 aliphatic heterocycles. The molecule has 0 aliphatic carbocycles. The van der Waals surface area contributed by atoms with Crippen LogP contribution in [0.4, 0.5) is 0 Å². The second-order valence-electron chi connectivity index (χ2n) is 9.20. The lowest BCUT2D eigenvalue weighted by Crippen LogP contribution is -1.92. The van der Waals surface area contributed by atoms with Crippen LogP contribution in [0.15, 0.2) is 134 Å². The average Bonchev–Trinajstić information content (AvgIpc) is 3.01. The van der Waals surface area contributed by atoms with E-state index in [4.69, 9.17) is 15.0 Å². The molecule has 0 unspecified atom stereocenters. The van der Waals surface area contributed by atoms with Crippen molar-refractivity contribution in [3.05, 3.63) is 134 Å². The van der Waals surface area contributed by atoms with Gasteiger partial charge in [-0.2, -0.15) is 0 Å². The van der Waals surface area contributed by atoms with Crippen molar-refractivity contribution < 1.29 is 0 Å². The monoisotopic (exact) mass is 486 g/mol.